The van der Waals surface area contributed by atoms with Crippen LogP contribution in [0.4, 0.5) is 5.69 Å². The maximum Gasteiger partial charge on any atom is 0.229 e. The minimum absolute atomic E-state index is 0.0667. The van der Waals surface area contributed by atoms with Crippen molar-refractivity contribution in [2.24, 2.45) is 0 Å². The van der Waals surface area contributed by atoms with E-state index in [1.165, 1.54) is 9.78 Å². The zero-order chi connectivity index (χ0) is 17.1. The van der Waals surface area contributed by atoms with Crippen molar-refractivity contribution in [3.05, 3.63) is 45.4 Å². The maximum atomic E-state index is 11.9. The molecule has 2 heterocycles. The van der Waals surface area contributed by atoms with E-state index in [-0.39, 0.29) is 11.8 Å². The van der Waals surface area contributed by atoms with Crippen LogP contribution in [0, 0.1) is 13.8 Å². The minimum atomic E-state index is -0.0667. The van der Waals surface area contributed by atoms with Gasteiger partial charge in [0.2, 0.25) is 11.8 Å². The van der Waals surface area contributed by atoms with Crippen LogP contribution in [0.25, 0.3) is 0 Å². The zero-order valence-corrected chi connectivity index (χ0v) is 14.8. The molecule has 1 aliphatic rings. The predicted molar refractivity (Wildman–Crippen MR) is 94.8 cm³/mol. The molecule has 1 aliphatic heterocycles. The molecule has 6 heteroatoms. The number of nitrogens with one attached hydrogen (secondary N) is 1. The summed E-state index contributed by atoms with van der Waals surface area (Å²) in [6, 6.07) is 7.86. The number of imide groups is 1. The van der Waals surface area contributed by atoms with Crippen LogP contribution in [0.5, 0.6) is 0 Å². The highest BCUT2D eigenvalue weighted by Crippen LogP contribution is 2.20. The molecule has 0 radical (unpaired) electrons. The molecular weight excluding hydrogens is 322 g/mol. The third-order valence-electron chi connectivity index (χ3n) is 4.19. The largest absolute Gasteiger partial charge is 0.379 e. The van der Waals surface area contributed by atoms with Gasteiger partial charge in [-0.3, -0.25) is 14.5 Å². The molecule has 1 aromatic heterocycles. The summed E-state index contributed by atoms with van der Waals surface area (Å²) in [5.41, 5.74) is 3.05. The number of anilines is 1. The van der Waals surface area contributed by atoms with Crippen LogP contribution >= 0.6 is 11.3 Å². The average molecular weight is 343 g/mol. The zero-order valence-electron chi connectivity index (χ0n) is 14.0. The Hall–Kier alpha value is -2.21. The van der Waals surface area contributed by atoms with Gasteiger partial charge in [-0.05, 0) is 38.0 Å². The van der Waals surface area contributed by atoms with Crippen LogP contribution < -0.4 is 5.32 Å². The first-order chi connectivity index (χ1) is 11.5. The highest BCUT2D eigenvalue weighted by molar-refractivity contribution is 7.11. The van der Waals surface area contributed by atoms with Gasteiger partial charge in [0.25, 0.3) is 0 Å². The SMILES string of the molecule is Cc1nc(CNc2ccc(CN3C(=O)CCCC3=O)cc2)sc1C. The number of carbonyl (C=O) groups excluding carboxylic acids is 2. The van der Waals surface area contributed by atoms with Gasteiger partial charge in [-0.2, -0.15) is 0 Å². The molecule has 126 valence electrons. The molecule has 3 rings (SSSR count). The fraction of sp³-hybridized carbons (Fsp3) is 0.389. The minimum Gasteiger partial charge on any atom is -0.379 e. The molecule has 0 saturated carbocycles. The number of aromatic nitrogens is 1. The fourth-order valence-corrected chi connectivity index (χ4v) is 3.55. The number of likely N-dealkylation sites (tertiary alicyclic amines) is 1. The Morgan fingerprint density at radius 2 is 1.79 bits per heavy atom. The number of aryl methyl sites for hydroxylation is 2. The Balaban J connectivity index is 1.58. The number of hydrogen-bond acceptors (Lipinski definition) is 5. The molecule has 2 amide bonds. The highest BCUT2D eigenvalue weighted by atomic mass is 32.1. The summed E-state index contributed by atoms with van der Waals surface area (Å²) < 4.78 is 0. The van der Waals surface area contributed by atoms with Crippen LogP contribution in [0.15, 0.2) is 24.3 Å². The van der Waals surface area contributed by atoms with Crippen molar-refractivity contribution < 1.29 is 9.59 Å². The molecule has 5 nitrogen and oxygen atoms in total. The van der Waals surface area contributed by atoms with Crippen molar-refractivity contribution >= 4 is 28.8 Å². The summed E-state index contributed by atoms with van der Waals surface area (Å²) in [5, 5.41) is 4.42. The lowest BCUT2D eigenvalue weighted by molar-refractivity contribution is -0.148. The van der Waals surface area contributed by atoms with Crippen molar-refractivity contribution in [1.82, 2.24) is 9.88 Å². The molecule has 0 spiro atoms. The molecule has 1 N–H and O–H groups in total. The summed E-state index contributed by atoms with van der Waals surface area (Å²) in [6.07, 6.45) is 1.61. The van der Waals surface area contributed by atoms with E-state index >= 15 is 0 Å². The number of carbonyl (C=O) groups is 2. The summed E-state index contributed by atoms with van der Waals surface area (Å²) >= 11 is 1.71. The van der Waals surface area contributed by atoms with Crippen LogP contribution in [0.3, 0.4) is 0 Å². The van der Waals surface area contributed by atoms with E-state index in [2.05, 4.69) is 17.2 Å². The molecule has 0 atom stereocenters. The summed E-state index contributed by atoms with van der Waals surface area (Å²) in [5.74, 6) is -0.133. The van der Waals surface area contributed by atoms with Crippen LogP contribution in [-0.2, 0) is 22.7 Å². The topological polar surface area (TPSA) is 62.3 Å². The molecule has 0 aliphatic carbocycles. The van der Waals surface area contributed by atoms with Crippen LogP contribution in [0.2, 0.25) is 0 Å². The molecule has 24 heavy (non-hydrogen) atoms. The van der Waals surface area contributed by atoms with E-state index in [1.54, 1.807) is 11.3 Å². The first-order valence-electron chi connectivity index (χ1n) is 8.12. The monoisotopic (exact) mass is 343 g/mol. The van der Waals surface area contributed by atoms with Crippen molar-refractivity contribution in [3.63, 3.8) is 0 Å². The third kappa shape index (κ3) is 3.82. The van der Waals surface area contributed by atoms with E-state index in [4.69, 9.17) is 0 Å². The standard InChI is InChI=1S/C18H21N3O2S/c1-12-13(2)24-16(20-12)10-19-15-8-6-14(7-9-15)11-21-17(22)4-3-5-18(21)23/h6-9,19H,3-5,10-11H2,1-2H3. The number of thiazole rings is 1. The second-order valence-corrected chi connectivity index (χ2v) is 7.31. The number of amides is 2. The summed E-state index contributed by atoms with van der Waals surface area (Å²) in [7, 11) is 0. The van der Waals surface area contributed by atoms with Gasteiger partial charge in [0.1, 0.15) is 5.01 Å². The second kappa shape index (κ2) is 7.13. The normalized spacial score (nSPS) is 15.0. The highest BCUT2D eigenvalue weighted by Gasteiger charge is 2.25. The fourth-order valence-electron chi connectivity index (χ4n) is 2.68. The van der Waals surface area contributed by atoms with Gasteiger partial charge < -0.3 is 5.32 Å². The molecular formula is C18H21N3O2S. The Labute approximate surface area is 145 Å². The van der Waals surface area contributed by atoms with Gasteiger partial charge >= 0.3 is 0 Å². The van der Waals surface area contributed by atoms with Gasteiger partial charge in [-0.1, -0.05) is 12.1 Å². The van der Waals surface area contributed by atoms with E-state index in [0.717, 1.165) is 22.0 Å². The maximum absolute atomic E-state index is 11.9. The quantitative estimate of drug-likeness (QED) is 0.845. The number of benzene rings is 1. The second-order valence-electron chi connectivity index (χ2n) is 6.03. The Morgan fingerprint density at radius 3 is 2.38 bits per heavy atom. The van der Waals surface area contributed by atoms with Crippen molar-refractivity contribution in [3.8, 4) is 0 Å². The van der Waals surface area contributed by atoms with E-state index < -0.39 is 0 Å². The first-order valence-corrected chi connectivity index (χ1v) is 8.93. The summed E-state index contributed by atoms with van der Waals surface area (Å²) in [4.78, 5) is 30.8. The van der Waals surface area contributed by atoms with E-state index in [1.807, 2.05) is 31.2 Å². The van der Waals surface area contributed by atoms with Crippen molar-refractivity contribution in [1.29, 1.82) is 0 Å². The third-order valence-corrected chi connectivity index (χ3v) is 5.27. The van der Waals surface area contributed by atoms with Crippen LogP contribution in [-0.4, -0.2) is 21.7 Å². The van der Waals surface area contributed by atoms with Gasteiger partial charge in [-0.25, -0.2) is 4.98 Å². The van der Waals surface area contributed by atoms with Crippen molar-refractivity contribution in [2.75, 3.05) is 5.32 Å². The average Bonchev–Trinajstić information content (AvgIpc) is 2.89. The number of hydrogen-bond donors (Lipinski definition) is 1. The van der Waals surface area contributed by atoms with Gasteiger partial charge in [-0.15, -0.1) is 11.3 Å². The number of rotatable bonds is 5. The Kier molecular flexibility index (Phi) is 4.94. The van der Waals surface area contributed by atoms with Crippen LogP contribution in [0.1, 0.15) is 40.4 Å². The first kappa shape index (κ1) is 16.6. The lowest BCUT2D eigenvalue weighted by Gasteiger charge is -2.24. The van der Waals surface area contributed by atoms with Gasteiger partial charge in [0.05, 0.1) is 18.8 Å². The molecule has 0 bridgehead atoms. The molecule has 0 unspecified atom stereocenters. The predicted octanol–water partition coefficient (Wildman–Crippen LogP) is 3.41. The molecule has 1 aromatic carbocycles. The van der Waals surface area contributed by atoms with Crippen molar-refractivity contribution in [2.45, 2.75) is 46.2 Å². The lowest BCUT2D eigenvalue weighted by Crippen LogP contribution is -2.39. The number of nitrogens with zero attached hydrogens (tertiary/aromatic N) is 2. The van der Waals surface area contributed by atoms with Gasteiger partial charge in [0, 0.05) is 23.4 Å². The molecule has 1 fully saturated rings. The smallest absolute Gasteiger partial charge is 0.229 e. The molecule has 2 aromatic rings. The van der Waals surface area contributed by atoms with Gasteiger partial charge in [0.15, 0.2) is 0 Å². The lowest BCUT2D eigenvalue weighted by atomic mass is 10.1. The van der Waals surface area contributed by atoms with E-state index in [0.29, 0.717) is 32.4 Å². The molecule has 1 saturated heterocycles. The van der Waals surface area contributed by atoms with E-state index in [9.17, 15) is 9.59 Å². The Bertz CT molecular complexity index is 717. The summed E-state index contributed by atoms with van der Waals surface area (Å²) in [6.45, 7) is 5.16. The Morgan fingerprint density at radius 1 is 1.12 bits per heavy atom. The number of piperidine rings is 1.